The second kappa shape index (κ2) is 5.03. The van der Waals surface area contributed by atoms with E-state index in [2.05, 4.69) is 27.2 Å². The van der Waals surface area contributed by atoms with Crippen LogP contribution >= 0.6 is 0 Å². The molecule has 0 saturated heterocycles. The molecule has 3 rings (SSSR count). The SMILES string of the molecule is CN(C)c1ccc(-c2noc(C3CCCC3)n2)cc1. The zero-order valence-corrected chi connectivity index (χ0v) is 11.5. The van der Waals surface area contributed by atoms with E-state index in [1.165, 1.54) is 31.4 Å². The molecule has 0 bridgehead atoms. The largest absolute Gasteiger partial charge is 0.378 e. The van der Waals surface area contributed by atoms with Gasteiger partial charge in [-0.05, 0) is 37.1 Å². The lowest BCUT2D eigenvalue weighted by Crippen LogP contribution is -2.07. The van der Waals surface area contributed by atoms with Crippen LogP contribution < -0.4 is 4.90 Å². The predicted octanol–water partition coefficient (Wildman–Crippen LogP) is 3.46. The van der Waals surface area contributed by atoms with Gasteiger partial charge in [-0.25, -0.2) is 0 Å². The molecule has 0 spiro atoms. The summed E-state index contributed by atoms with van der Waals surface area (Å²) in [6.07, 6.45) is 4.92. The van der Waals surface area contributed by atoms with Crippen molar-refractivity contribution in [3.05, 3.63) is 30.2 Å². The topological polar surface area (TPSA) is 42.2 Å². The molecule has 100 valence electrons. The summed E-state index contributed by atoms with van der Waals surface area (Å²) in [5, 5.41) is 4.11. The summed E-state index contributed by atoms with van der Waals surface area (Å²) in [6.45, 7) is 0. The van der Waals surface area contributed by atoms with Crippen LogP contribution in [0.4, 0.5) is 5.69 Å². The van der Waals surface area contributed by atoms with E-state index < -0.39 is 0 Å². The molecule has 1 aromatic heterocycles. The Morgan fingerprint density at radius 2 is 1.79 bits per heavy atom. The van der Waals surface area contributed by atoms with Gasteiger partial charge in [-0.3, -0.25) is 0 Å². The van der Waals surface area contributed by atoms with Gasteiger partial charge in [0.1, 0.15) is 0 Å². The Kier molecular flexibility index (Phi) is 3.23. The van der Waals surface area contributed by atoms with Crippen molar-refractivity contribution in [3.63, 3.8) is 0 Å². The number of anilines is 1. The number of benzene rings is 1. The molecule has 4 heteroatoms. The van der Waals surface area contributed by atoms with Crippen molar-refractivity contribution in [1.29, 1.82) is 0 Å². The first-order chi connectivity index (χ1) is 9.24. The normalized spacial score (nSPS) is 15.9. The van der Waals surface area contributed by atoms with Gasteiger partial charge in [0, 0.05) is 31.3 Å². The van der Waals surface area contributed by atoms with Gasteiger partial charge in [0.2, 0.25) is 11.7 Å². The lowest BCUT2D eigenvalue weighted by atomic mass is 10.1. The molecule has 0 aliphatic heterocycles. The van der Waals surface area contributed by atoms with E-state index in [1.807, 2.05) is 26.2 Å². The molecule has 1 aliphatic rings. The Morgan fingerprint density at radius 1 is 1.11 bits per heavy atom. The number of nitrogens with zero attached hydrogens (tertiary/aromatic N) is 3. The molecule has 0 atom stereocenters. The van der Waals surface area contributed by atoms with Gasteiger partial charge in [-0.2, -0.15) is 4.98 Å². The highest BCUT2D eigenvalue weighted by molar-refractivity contribution is 5.59. The summed E-state index contributed by atoms with van der Waals surface area (Å²) in [7, 11) is 4.06. The smallest absolute Gasteiger partial charge is 0.230 e. The molecule has 1 saturated carbocycles. The van der Waals surface area contributed by atoms with Crippen LogP contribution in [-0.2, 0) is 0 Å². The molecule has 1 heterocycles. The maximum absolute atomic E-state index is 5.41. The molecule has 4 nitrogen and oxygen atoms in total. The van der Waals surface area contributed by atoms with Crippen molar-refractivity contribution < 1.29 is 4.52 Å². The third-order valence-corrected chi connectivity index (χ3v) is 3.79. The van der Waals surface area contributed by atoms with Gasteiger partial charge in [0.25, 0.3) is 0 Å². The Hall–Kier alpha value is -1.84. The zero-order valence-electron chi connectivity index (χ0n) is 11.5. The highest BCUT2D eigenvalue weighted by atomic mass is 16.5. The van der Waals surface area contributed by atoms with Crippen LogP contribution in [0.15, 0.2) is 28.8 Å². The molecule has 19 heavy (non-hydrogen) atoms. The number of aromatic nitrogens is 2. The van der Waals surface area contributed by atoms with Crippen molar-refractivity contribution >= 4 is 5.69 Å². The highest BCUT2D eigenvalue weighted by Crippen LogP contribution is 2.33. The van der Waals surface area contributed by atoms with Crippen LogP contribution in [0.2, 0.25) is 0 Å². The van der Waals surface area contributed by atoms with E-state index in [1.54, 1.807) is 0 Å². The van der Waals surface area contributed by atoms with Crippen LogP contribution in [0.1, 0.15) is 37.5 Å². The molecule has 2 aromatic rings. The molecule has 0 unspecified atom stereocenters. The first-order valence-corrected chi connectivity index (χ1v) is 6.85. The van der Waals surface area contributed by atoms with Crippen molar-refractivity contribution in [1.82, 2.24) is 10.1 Å². The summed E-state index contributed by atoms with van der Waals surface area (Å²) in [6, 6.07) is 8.22. The van der Waals surface area contributed by atoms with Gasteiger partial charge >= 0.3 is 0 Å². The van der Waals surface area contributed by atoms with E-state index in [4.69, 9.17) is 4.52 Å². The van der Waals surface area contributed by atoms with Crippen molar-refractivity contribution in [2.24, 2.45) is 0 Å². The third-order valence-electron chi connectivity index (χ3n) is 3.79. The molecule has 0 radical (unpaired) electrons. The van der Waals surface area contributed by atoms with E-state index in [0.29, 0.717) is 11.7 Å². The van der Waals surface area contributed by atoms with Crippen molar-refractivity contribution in [3.8, 4) is 11.4 Å². The highest BCUT2D eigenvalue weighted by Gasteiger charge is 2.23. The van der Waals surface area contributed by atoms with Crippen LogP contribution in [0.3, 0.4) is 0 Å². The Labute approximate surface area is 113 Å². The molecule has 1 aliphatic carbocycles. The minimum Gasteiger partial charge on any atom is -0.378 e. The monoisotopic (exact) mass is 257 g/mol. The Morgan fingerprint density at radius 3 is 2.42 bits per heavy atom. The average molecular weight is 257 g/mol. The van der Waals surface area contributed by atoms with Crippen molar-refractivity contribution in [2.75, 3.05) is 19.0 Å². The third kappa shape index (κ3) is 2.48. The number of hydrogen-bond donors (Lipinski definition) is 0. The minimum atomic E-state index is 0.474. The summed E-state index contributed by atoms with van der Waals surface area (Å²) in [4.78, 5) is 6.62. The maximum atomic E-state index is 5.41. The predicted molar refractivity (Wildman–Crippen MR) is 75.3 cm³/mol. The molecular formula is C15H19N3O. The van der Waals surface area contributed by atoms with Crippen LogP contribution in [-0.4, -0.2) is 24.2 Å². The van der Waals surface area contributed by atoms with Crippen LogP contribution in [0.5, 0.6) is 0 Å². The van der Waals surface area contributed by atoms with E-state index in [0.717, 1.165) is 11.5 Å². The molecule has 0 N–H and O–H groups in total. The minimum absolute atomic E-state index is 0.474. The van der Waals surface area contributed by atoms with Gasteiger partial charge in [0.15, 0.2) is 0 Å². The molecule has 1 fully saturated rings. The van der Waals surface area contributed by atoms with Crippen LogP contribution in [0, 0.1) is 0 Å². The fourth-order valence-electron chi connectivity index (χ4n) is 2.60. The number of rotatable bonds is 3. The quantitative estimate of drug-likeness (QED) is 0.844. The molecule has 0 amide bonds. The lowest BCUT2D eigenvalue weighted by molar-refractivity contribution is 0.354. The van der Waals surface area contributed by atoms with Gasteiger partial charge in [-0.15, -0.1) is 0 Å². The second-order valence-corrected chi connectivity index (χ2v) is 5.38. The van der Waals surface area contributed by atoms with Gasteiger partial charge in [0.05, 0.1) is 0 Å². The first kappa shape index (κ1) is 12.2. The fourth-order valence-corrected chi connectivity index (χ4v) is 2.60. The van der Waals surface area contributed by atoms with E-state index >= 15 is 0 Å². The summed E-state index contributed by atoms with van der Waals surface area (Å²) in [5.74, 6) is 1.98. The summed E-state index contributed by atoms with van der Waals surface area (Å²) >= 11 is 0. The summed E-state index contributed by atoms with van der Waals surface area (Å²) < 4.78 is 5.41. The second-order valence-electron chi connectivity index (χ2n) is 5.38. The van der Waals surface area contributed by atoms with Gasteiger partial charge in [-0.1, -0.05) is 18.0 Å². The fraction of sp³-hybridized carbons (Fsp3) is 0.467. The summed E-state index contributed by atoms with van der Waals surface area (Å²) in [5.41, 5.74) is 2.18. The van der Waals surface area contributed by atoms with Gasteiger partial charge < -0.3 is 9.42 Å². The van der Waals surface area contributed by atoms with Crippen LogP contribution in [0.25, 0.3) is 11.4 Å². The standard InChI is InChI=1S/C15H19N3O/c1-18(2)13-9-7-11(8-10-13)14-16-15(19-17-14)12-5-3-4-6-12/h7-10,12H,3-6H2,1-2H3. The lowest BCUT2D eigenvalue weighted by Gasteiger charge is -2.11. The number of hydrogen-bond acceptors (Lipinski definition) is 4. The maximum Gasteiger partial charge on any atom is 0.230 e. The molecular weight excluding hydrogens is 238 g/mol. The molecule has 1 aromatic carbocycles. The zero-order chi connectivity index (χ0) is 13.2. The Bertz CT molecular complexity index is 539. The first-order valence-electron chi connectivity index (χ1n) is 6.85. The average Bonchev–Trinajstić information content (AvgIpc) is 3.10. The van der Waals surface area contributed by atoms with E-state index in [-0.39, 0.29) is 0 Å². The van der Waals surface area contributed by atoms with E-state index in [9.17, 15) is 0 Å². The van der Waals surface area contributed by atoms with Crippen molar-refractivity contribution in [2.45, 2.75) is 31.6 Å². The Balaban J connectivity index is 1.81.